The van der Waals surface area contributed by atoms with Crippen LogP contribution in [0.25, 0.3) is 6.08 Å². The molecule has 1 aliphatic carbocycles. The van der Waals surface area contributed by atoms with Crippen molar-refractivity contribution < 1.29 is 23.9 Å². The van der Waals surface area contributed by atoms with Gasteiger partial charge in [0, 0.05) is 11.1 Å². The van der Waals surface area contributed by atoms with E-state index in [0.717, 1.165) is 0 Å². The number of Topliss-reactive ketones (excluding diaryl/α,β-unsaturated/α-hetero) is 2. The highest BCUT2D eigenvalue weighted by Crippen LogP contribution is 2.36. The molecular weight excluding hydrogens is 480 g/mol. The number of carbonyl (C=O) groups excluding carboxylic acids is 3. The molecule has 0 atom stereocenters. The number of halogens is 2. The molecule has 138 valence electrons. The van der Waals surface area contributed by atoms with E-state index in [1.165, 1.54) is 0 Å². The molecule has 27 heavy (non-hydrogen) atoms. The van der Waals surface area contributed by atoms with Gasteiger partial charge in [0.25, 0.3) is 0 Å². The van der Waals surface area contributed by atoms with Crippen molar-refractivity contribution in [2.24, 2.45) is 0 Å². The first kappa shape index (κ1) is 19.5. The molecule has 1 aliphatic rings. The van der Waals surface area contributed by atoms with Crippen LogP contribution in [0.2, 0.25) is 0 Å². The van der Waals surface area contributed by atoms with Gasteiger partial charge in [-0.05, 0) is 62.6 Å². The monoisotopic (exact) mass is 492 g/mol. The number of allylic oxidation sites excluding steroid dienone is 1. The van der Waals surface area contributed by atoms with Gasteiger partial charge in [-0.3, -0.25) is 9.59 Å². The Balaban J connectivity index is 1.87. The van der Waals surface area contributed by atoms with Crippen LogP contribution in [-0.4, -0.2) is 30.7 Å². The van der Waals surface area contributed by atoms with Crippen LogP contribution in [0.3, 0.4) is 0 Å². The number of ketones is 2. The number of ether oxygens (including phenoxy) is 2. The van der Waals surface area contributed by atoms with Gasteiger partial charge < -0.3 is 9.47 Å². The van der Waals surface area contributed by atoms with Crippen LogP contribution in [0.15, 0.2) is 50.9 Å². The van der Waals surface area contributed by atoms with E-state index in [9.17, 15) is 14.4 Å². The lowest BCUT2D eigenvalue weighted by Crippen LogP contribution is -2.15. The summed E-state index contributed by atoms with van der Waals surface area (Å²) < 4.78 is 11.5. The molecule has 0 bridgehead atoms. The Hall–Kier alpha value is -2.25. The maximum absolute atomic E-state index is 12.5. The molecular formula is C20H14Br2O5. The van der Waals surface area contributed by atoms with Gasteiger partial charge in [0.2, 0.25) is 0 Å². The zero-order valence-electron chi connectivity index (χ0n) is 14.3. The summed E-state index contributed by atoms with van der Waals surface area (Å²) in [5.74, 6) is -0.615. The van der Waals surface area contributed by atoms with E-state index in [4.69, 9.17) is 9.47 Å². The van der Waals surface area contributed by atoms with E-state index in [1.54, 1.807) is 49.4 Å². The van der Waals surface area contributed by atoms with Gasteiger partial charge >= 0.3 is 5.97 Å². The van der Waals surface area contributed by atoms with Crippen molar-refractivity contribution in [2.45, 2.75) is 6.92 Å². The van der Waals surface area contributed by atoms with Crippen LogP contribution < -0.4 is 4.74 Å². The van der Waals surface area contributed by atoms with Crippen LogP contribution in [0.5, 0.6) is 5.75 Å². The molecule has 7 heteroatoms. The minimum atomic E-state index is -0.470. The van der Waals surface area contributed by atoms with Gasteiger partial charge in [-0.15, -0.1) is 0 Å². The van der Waals surface area contributed by atoms with E-state index >= 15 is 0 Å². The van der Waals surface area contributed by atoms with Crippen molar-refractivity contribution >= 4 is 55.5 Å². The molecule has 0 heterocycles. The Morgan fingerprint density at radius 3 is 2.11 bits per heavy atom. The zero-order chi connectivity index (χ0) is 19.6. The summed E-state index contributed by atoms with van der Waals surface area (Å²) in [6.07, 6.45) is 1.55. The number of fused-ring (bicyclic) bond motifs is 1. The molecule has 0 aliphatic heterocycles. The molecule has 2 aromatic rings. The summed E-state index contributed by atoms with van der Waals surface area (Å²) in [6.45, 7) is 1.77. The molecule has 0 amide bonds. The third-order valence-corrected chi connectivity index (χ3v) is 5.05. The first-order valence-electron chi connectivity index (χ1n) is 8.10. The van der Waals surface area contributed by atoms with Crippen LogP contribution in [0.4, 0.5) is 0 Å². The molecule has 0 fully saturated rings. The molecule has 5 nitrogen and oxygen atoms in total. The molecule has 0 aromatic heterocycles. The fourth-order valence-corrected chi connectivity index (χ4v) is 4.16. The topological polar surface area (TPSA) is 69.7 Å². The summed E-state index contributed by atoms with van der Waals surface area (Å²) in [7, 11) is 0. The highest BCUT2D eigenvalue weighted by atomic mass is 79.9. The number of hydrogen-bond acceptors (Lipinski definition) is 5. The smallest absolute Gasteiger partial charge is 0.344 e. The predicted octanol–water partition coefficient (Wildman–Crippen LogP) is 4.62. The van der Waals surface area contributed by atoms with Crippen molar-refractivity contribution in [3.63, 3.8) is 0 Å². The molecule has 0 spiro atoms. The standard InChI is InChI=1S/C20H14Br2O5/c1-2-26-17(23)10-27-20-15(21)8-11(9-16(20)22)7-14-18(24)12-5-3-4-6-13(12)19(14)25/h3-9H,2,10H2,1H3. The van der Waals surface area contributed by atoms with E-state index < -0.39 is 5.97 Å². The molecule has 3 rings (SSSR count). The molecule has 0 saturated heterocycles. The maximum Gasteiger partial charge on any atom is 0.344 e. The average molecular weight is 494 g/mol. The van der Waals surface area contributed by atoms with Gasteiger partial charge in [-0.25, -0.2) is 4.79 Å². The van der Waals surface area contributed by atoms with E-state index in [-0.39, 0.29) is 30.4 Å². The van der Waals surface area contributed by atoms with Gasteiger partial charge in [0.15, 0.2) is 18.2 Å². The van der Waals surface area contributed by atoms with E-state index in [2.05, 4.69) is 31.9 Å². The number of carbonyl (C=O) groups is 3. The van der Waals surface area contributed by atoms with Gasteiger partial charge in [0.1, 0.15) is 5.75 Å². The highest BCUT2D eigenvalue weighted by Gasteiger charge is 2.32. The van der Waals surface area contributed by atoms with Crippen LogP contribution in [0.1, 0.15) is 33.2 Å². The molecule has 0 N–H and O–H groups in total. The second kappa shape index (κ2) is 8.19. The summed E-state index contributed by atoms with van der Waals surface area (Å²) in [4.78, 5) is 36.5. The largest absolute Gasteiger partial charge is 0.480 e. The summed E-state index contributed by atoms with van der Waals surface area (Å²) in [5, 5.41) is 0. The number of esters is 1. The first-order valence-corrected chi connectivity index (χ1v) is 9.68. The Morgan fingerprint density at radius 1 is 1.04 bits per heavy atom. The quantitative estimate of drug-likeness (QED) is 0.345. The van der Waals surface area contributed by atoms with Crippen molar-refractivity contribution in [3.8, 4) is 5.75 Å². The zero-order valence-corrected chi connectivity index (χ0v) is 17.4. The lowest BCUT2D eigenvalue weighted by atomic mass is 10.1. The minimum Gasteiger partial charge on any atom is -0.480 e. The second-order valence-electron chi connectivity index (χ2n) is 5.67. The average Bonchev–Trinajstić information content (AvgIpc) is 2.87. The fourth-order valence-electron chi connectivity index (χ4n) is 2.70. The lowest BCUT2D eigenvalue weighted by Gasteiger charge is -2.11. The summed E-state index contributed by atoms with van der Waals surface area (Å²) >= 11 is 6.78. The summed E-state index contributed by atoms with van der Waals surface area (Å²) in [5.41, 5.74) is 1.60. The highest BCUT2D eigenvalue weighted by molar-refractivity contribution is 9.11. The second-order valence-corrected chi connectivity index (χ2v) is 7.38. The molecule has 0 unspecified atom stereocenters. The van der Waals surface area contributed by atoms with Crippen molar-refractivity contribution in [3.05, 3.63) is 67.6 Å². The van der Waals surface area contributed by atoms with Crippen molar-refractivity contribution in [2.75, 3.05) is 13.2 Å². The van der Waals surface area contributed by atoms with Crippen LogP contribution in [0, 0.1) is 0 Å². The third kappa shape index (κ3) is 4.04. The Labute approximate surface area is 172 Å². The van der Waals surface area contributed by atoms with Crippen molar-refractivity contribution in [1.82, 2.24) is 0 Å². The first-order chi connectivity index (χ1) is 12.9. The minimum absolute atomic E-state index is 0.121. The number of rotatable bonds is 5. The Bertz CT molecular complexity index is 918. The van der Waals surface area contributed by atoms with Crippen LogP contribution in [-0.2, 0) is 9.53 Å². The van der Waals surface area contributed by atoms with E-state index in [1.807, 2.05) is 0 Å². The predicted molar refractivity (Wildman–Crippen MR) is 107 cm³/mol. The normalized spacial score (nSPS) is 12.8. The number of benzene rings is 2. The van der Waals surface area contributed by atoms with Crippen LogP contribution >= 0.6 is 31.9 Å². The Morgan fingerprint density at radius 2 is 1.59 bits per heavy atom. The van der Waals surface area contributed by atoms with E-state index in [0.29, 0.717) is 31.4 Å². The van der Waals surface area contributed by atoms with Gasteiger partial charge in [-0.2, -0.15) is 0 Å². The Kier molecular flexibility index (Phi) is 5.92. The number of hydrogen-bond donors (Lipinski definition) is 0. The molecule has 0 saturated carbocycles. The lowest BCUT2D eigenvalue weighted by molar-refractivity contribution is -0.145. The summed E-state index contributed by atoms with van der Waals surface area (Å²) in [6, 6.07) is 10.2. The maximum atomic E-state index is 12.5. The fraction of sp³-hybridized carbons (Fsp3) is 0.150. The van der Waals surface area contributed by atoms with Crippen molar-refractivity contribution in [1.29, 1.82) is 0 Å². The van der Waals surface area contributed by atoms with Gasteiger partial charge in [0.05, 0.1) is 21.1 Å². The molecule has 2 aromatic carbocycles. The SMILES string of the molecule is CCOC(=O)COc1c(Br)cc(C=C2C(=O)c3ccccc3C2=O)cc1Br. The molecule has 0 radical (unpaired) electrons. The van der Waals surface area contributed by atoms with Gasteiger partial charge in [-0.1, -0.05) is 24.3 Å². The third-order valence-electron chi connectivity index (χ3n) is 3.88.